The van der Waals surface area contributed by atoms with Gasteiger partial charge in [-0.25, -0.2) is 0 Å². The van der Waals surface area contributed by atoms with E-state index in [4.69, 9.17) is 0 Å². The van der Waals surface area contributed by atoms with Crippen molar-refractivity contribution in [1.29, 1.82) is 0 Å². The molecule has 0 atom stereocenters. The van der Waals surface area contributed by atoms with Gasteiger partial charge in [-0.15, -0.1) is 11.3 Å². The molecular formula is C58H38N2S. The SMILES string of the molecule is c1ccc(-c2cccc3c2sc2cccc(N(c4ccc(-c5cccc6cccc(-c7ccccc7)c56)cc4)c4cccc(-n5c6ccccc6c6ccccc65)c4)c23)cc1. The fourth-order valence-corrected chi connectivity index (χ4v) is 10.7. The predicted molar refractivity (Wildman–Crippen MR) is 262 cm³/mol. The van der Waals surface area contributed by atoms with Crippen molar-refractivity contribution < 1.29 is 0 Å². The van der Waals surface area contributed by atoms with Crippen LogP contribution in [-0.4, -0.2) is 4.57 Å². The minimum absolute atomic E-state index is 1.09. The van der Waals surface area contributed by atoms with Gasteiger partial charge in [0, 0.05) is 48.0 Å². The first-order valence-corrected chi connectivity index (χ1v) is 21.7. The summed E-state index contributed by atoms with van der Waals surface area (Å²) in [6, 6.07) is 84.1. The number of hydrogen-bond donors (Lipinski definition) is 0. The van der Waals surface area contributed by atoms with Crippen LogP contribution in [0.25, 0.3) is 91.8 Å². The molecule has 12 rings (SSSR count). The highest BCUT2D eigenvalue weighted by atomic mass is 32.1. The minimum Gasteiger partial charge on any atom is -0.310 e. The van der Waals surface area contributed by atoms with Crippen LogP contribution in [0.15, 0.2) is 231 Å². The van der Waals surface area contributed by atoms with E-state index in [1.54, 1.807) is 0 Å². The molecule has 0 amide bonds. The molecular weight excluding hydrogens is 757 g/mol. The zero-order valence-corrected chi connectivity index (χ0v) is 34.1. The van der Waals surface area contributed by atoms with E-state index < -0.39 is 0 Å². The third-order valence-electron chi connectivity index (χ3n) is 12.2. The zero-order chi connectivity index (χ0) is 40.3. The van der Waals surface area contributed by atoms with Gasteiger partial charge in [0.05, 0.1) is 16.7 Å². The summed E-state index contributed by atoms with van der Waals surface area (Å²) in [7, 11) is 0. The van der Waals surface area contributed by atoms with Crippen molar-refractivity contribution in [2.45, 2.75) is 0 Å². The normalized spacial score (nSPS) is 11.6. The molecule has 0 fully saturated rings. The van der Waals surface area contributed by atoms with Crippen molar-refractivity contribution >= 4 is 81.1 Å². The highest BCUT2D eigenvalue weighted by Crippen LogP contribution is 2.48. The van der Waals surface area contributed by atoms with Crippen LogP contribution in [0.5, 0.6) is 0 Å². The largest absolute Gasteiger partial charge is 0.310 e. The average molecular weight is 795 g/mol. The molecule has 0 saturated carbocycles. The second kappa shape index (κ2) is 14.5. The molecule has 2 aromatic heterocycles. The van der Waals surface area contributed by atoms with Crippen LogP contribution in [0.3, 0.4) is 0 Å². The van der Waals surface area contributed by atoms with E-state index in [0.717, 1.165) is 22.7 Å². The number of thiophene rings is 1. The molecule has 10 aromatic carbocycles. The van der Waals surface area contributed by atoms with Crippen molar-refractivity contribution in [3.63, 3.8) is 0 Å². The Kier molecular flexibility index (Phi) is 8.39. The zero-order valence-electron chi connectivity index (χ0n) is 33.2. The minimum atomic E-state index is 1.09. The molecule has 0 spiro atoms. The van der Waals surface area contributed by atoms with Crippen LogP contribution in [0, 0.1) is 0 Å². The molecule has 0 bridgehead atoms. The van der Waals surface area contributed by atoms with Gasteiger partial charge >= 0.3 is 0 Å². The van der Waals surface area contributed by atoms with E-state index in [-0.39, 0.29) is 0 Å². The molecule has 12 aromatic rings. The van der Waals surface area contributed by atoms with Gasteiger partial charge in [0.2, 0.25) is 0 Å². The van der Waals surface area contributed by atoms with Crippen LogP contribution in [0.2, 0.25) is 0 Å². The van der Waals surface area contributed by atoms with Crippen LogP contribution in [-0.2, 0) is 0 Å². The Hall–Kier alpha value is -7.72. The van der Waals surface area contributed by atoms with Gasteiger partial charge in [0.25, 0.3) is 0 Å². The molecule has 0 aliphatic heterocycles. The molecule has 0 radical (unpaired) electrons. The van der Waals surface area contributed by atoms with Gasteiger partial charge in [0.1, 0.15) is 0 Å². The molecule has 2 nitrogen and oxygen atoms in total. The number of nitrogens with zero attached hydrogens (tertiary/aromatic N) is 2. The lowest BCUT2D eigenvalue weighted by molar-refractivity contribution is 1.17. The Labute approximate surface area is 358 Å². The van der Waals surface area contributed by atoms with Gasteiger partial charge < -0.3 is 9.47 Å². The Balaban J connectivity index is 1.07. The number of hydrogen-bond acceptors (Lipinski definition) is 2. The van der Waals surface area contributed by atoms with Crippen LogP contribution in [0.1, 0.15) is 0 Å². The average Bonchev–Trinajstić information content (AvgIpc) is 3.89. The van der Waals surface area contributed by atoms with E-state index >= 15 is 0 Å². The number of rotatable bonds is 7. The molecule has 0 aliphatic carbocycles. The van der Waals surface area contributed by atoms with Crippen molar-refractivity contribution in [3.05, 3.63) is 231 Å². The monoisotopic (exact) mass is 794 g/mol. The molecule has 0 aliphatic rings. The summed E-state index contributed by atoms with van der Waals surface area (Å²) < 4.78 is 4.98. The van der Waals surface area contributed by atoms with Crippen molar-refractivity contribution in [3.8, 4) is 39.1 Å². The first-order valence-electron chi connectivity index (χ1n) is 20.8. The van der Waals surface area contributed by atoms with E-state index in [1.807, 2.05) is 11.3 Å². The Morgan fingerprint density at radius 1 is 0.361 bits per heavy atom. The van der Waals surface area contributed by atoms with Crippen LogP contribution < -0.4 is 4.90 Å². The fourth-order valence-electron chi connectivity index (χ4n) is 9.49. The summed E-state index contributed by atoms with van der Waals surface area (Å²) in [6.45, 7) is 0. The van der Waals surface area contributed by atoms with Crippen molar-refractivity contribution in [2.75, 3.05) is 4.90 Å². The number of para-hydroxylation sites is 2. The first-order chi connectivity index (χ1) is 30.3. The Morgan fingerprint density at radius 2 is 0.902 bits per heavy atom. The van der Waals surface area contributed by atoms with Crippen LogP contribution >= 0.6 is 11.3 Å². The molecule has 286 valence electrons. The number of fused-ring (bicyclic) bond motifs is 7. The molecule has 0 unspecified atom stereocenters. The van der Waals surface area contributed by atoms with Gasteiger partial charge in [-0.2, -0.15) is 0 Å². The Morgan fingerprint density at radius 3 is 1.59 bits per heavy atom. The summed E-state index contributed by atoms with van der Waals surface area (Å²) in [6.07, 6.45) is 0. The van der Waals surface area contributed by atoms with E-state index in [2.05, 4.69) is 240 Å². The van der Waals surface area contributed by atoms with Crippen LogP contribution in [0.4, 0.5) is 17.1 Å². The molecule has 0 saturated heterocycles. The summed E-state index contributed by atoms with van der Waals surface area (Å²) >= 11 is 1.88. The third kappa shape index (κ3) is 5.85. The maximum absolute atomic E-state index is 2.46. The van der Waals surface area contributed by atoms with Gasteiger partial charge in [-0.05, 0) is 98.8 Å². The predicted octanol–water partition coefficient (Wildman–Crippen LogP) is 16.8. The summed E-state index contributed by atoms with van der Waals surface area (Å²) in [5, 5.41) is 7.53. The van der Waals surface area contributed by atoms with Gasteiger partial charge in [-0.1, -0.05) is 176 Å². The lowest BCUT2D eigenvalue weighted by Crippen LogP contribution is -2.11. The smallest absolute Gasteiger partial charge is 0.0554 e. The van der Waals surface area contributed by atoms with E-state index in [9.17, 15) is 0 Å². The fraction of sp³-hybridized carbons (Fsp3) is 0. The summed E-state index contributed by atoms with van der Waals surface area (Å²) in [5.41, 5.74) is 14.2. The highest BCUT2D eigenvalue weighted by Gasteiger charge is 2.22. The molecule has 2 heterocycles. The number of anilines is 3. The second-order valence-corrected chi connectivity index (χ2v) is 16.7. The highest BCUT2D eigenvalue weighted by molar-refractivity contribution is 7.26. The van der Waals surface area contributed by atoms with Gasteiger partial charge in [-0.3, -0.25) is 0 Å². The molecule has 61 heavy (non-hydrogen) atoms. The second-order valence-electron chi connectivity index (χ2n) is 15.6. The molecule has 3 heteroatoms. The van der Waals surface area contributed by atoms with Crippen molar-refractivity contribution in [2.24, 2.45) is 0 Å². The van der Waals surface area contributed by atoms with Crippen molar-refractivity contribution in [1.82, 2.24) is 4.57 Å². The summed E-state index contributed by atoms with van der Waals surface area (Å²) in [5.74, 6) is 0. The number of aromatic nitrogens is 1. The Bertz CT molecular complexity index is 3520. The number of benzene rings is 10. The van der Waals surface area contributed by atoms with E-state index in [0.29, 0.717) is 0 Å². The standard InChI is InChI=1S/C58H38N2S/c1-3-16-39(17-4-1)46-26-11-20-42-21-12-27-47(56(42)46)41-34-36-43(37-35-41)59(44-22-13-23-45(38-44)60-52-30-9-7-24-49(52)50-25-8-10-31-53(50)60)54-32-15-33-55-57(54)51-29-14-28-48(58(51)61-55)40-18-5-2-6-19-40/h1-38H. The lowest BCUT2D eigenvalue weighted by Gasteiger charge is -2.27. The lowest BCUT2D eigenvalue weighted by atomic mass is 9.91. The summed E-state index contributed by atoms with van der Waals surface area (Å²) in [4.78, 5) is 2.46. The molecule has 0 N–H and O–H groups in total. The third-order valence-corrected chi connectivity index (χ3v) is 13.4. The first kappa shape index (κ1) is 35.2. The maximum atomic E-state index is 2.46. The van der Waals surface area contributed by atoms with Gasteiger partial charge in [0.15, 0.2) is 0 Å². The topological polar surface area (TPSA) is 8.17 Å². The quantitative estimate of drug-likeness (QED) is 0.156. The maximum Gasteiger partial charge on any atom is 0.0554 e. The van der Waals surface area contributed by atoms with E-state index in [1.165, 1.54) is 86.1 Å².